The zero-order valence-electron chi connectivity index (χ0n) is 16.9. The summed E-state index contributed by atoms with van der Waals surface area (Å²) in [4.78, 5) is 31.0. The van der Waals surface area contributed by atoms with Gasteiger partial charge in [-0.3, -0.25) is 14.5 Å². The molecule has 0 radical (unpaired) electrons. The van der Waals surface area contributed by atoms with Gasteiger partial charge in [0.15, 0.2) is 0 Å². The lowest BCUT2D eigenvalue weighted by molar-refractivity contribution is -0.163. The van der Waals surface area contributed by atoms with E-state index in [1.807, 2.05) is 60.7 Å². The van der Waals surface area contributed by atoms with E-state index in [0.717, 1.165) is 21.6 Å². The topological polar surface area (TPSA) is 100 Å². The number of imide groups is 1. The number of benzene rings is 2. The van der Waals surface area contributed by atoms with Crippen LogP contribution in [0.1, 0.15) is 29.0 Å². The normalized spacial score (nSPS) is 17.8. The Kier molecular flexibility index (Phi) is 5.76. The fourth-order valence-corrected chi connectivity index (χ4v) is 4.12. The number of nitrogens with zero attached hydrogens (tertiary/aromatic N) is 3. The van der Waals surface area contributed by atoms with Gasteiger partial charge in [0.25, 0.3) is 0 Å². The van der Waals surface area contributed by atoms with Crippen molar-refractivity contribution >= 4 is 17.6 Å². The number of hydrogen-bond donors (Lipinski definition) is 1. The van der Waals surface area contributed by atoms with Gasteiger partial charge in [0, 0.05) is 18.5 Å². The maximum absolute atomic E-state index is 13.1. The molecule has 2 amide bonds. The predicted molar refractivity (Wildman–Crippen MR) is 116 cm³/mol. The Morgan fingerprint density at radius 2 is 1.68 bits per heavy atom. The molecule has 0 spiro atoms. The molecule has 0 aliphatic carbocycles. The second-order valence-corrected chi connectivity index (χ2v) is 7.65. The maximum Gasteiger partial charge on any atom is 0.236 e. The Morgan fingerprint density at radius 1 is 1.06 bits per heavy atom. The van der Waals surface area contributed by atoms with Crippen molar-refractivity contribution in [3.63, 3.8) is 0 Å². The number of amides is 2. The average molecular weight is 410 g/mol. The van der Waals surface area contributed by atoms with Crippen LogP contribution in [0.15, 0.2) is 79.0 Å². The minimum absolute atomic E-state index is 0.118. The molecule has 3 aromatic rings. The predicted octanol–water partition coefficient (Wildman–Crippen LogP) is 3.31. The summed E-state index contributed by atoms with van der Waals surface area (Å²) in [5.41, 5.74) is 8.52. The third-order valence-corrected chi connectivity index (χ3v) is 5.70. The van der Waals surface area contributed by atoms with E-state index in [9.17, 15) is 14.9 Å². The number of nitrogens with two attached hydrogens (primary N) is 1. The Balaban J connectivity index is 1.53. The number of rotatable bonds is 6. The van der Waals surface area contributed by atoms with Crippen LogP contribution in [0.4, 0.5) is 5.82 Å². The molecule has 0 bridgehead atoms. The van der Waals surface area contributed by atoms with Gasteiger partial charge < -0.3 is 5.73 Å². The van der Waals surface area contributed by atoms with E-state index in [1.165, 1.54) is 0 Å². The van der Waals surface area contributed by atoms with Crippen LogP contribution < -0.4 is 5.73 Å². The molecular formula is C25H22N4O2. The molecule has 0 saturated carbocycles. The van der Waals surface area contributed by atoms with Crippen molar-refractivity contribution in [2.24, 2.45) is 5.92 Å². The summed E-state index contributed by atoms with van der Waals surface area (Å²) < 4.78 is 0. The minimum atomic E-state index is -0.776. The summed E-state index contributed by atoms with van der Waals surface area (Å²) in [5.74, 6) is -1.03. The highest BCUT2D eigenvalue weighted by molar-refractivity contribution is 6.03. The van der Waals surface area contributed by atoms with Gasteiger partial charge in [0.2, 0.25) is 11.8 Å². The Morgan fingerprint density at radius 3 is 2.23 bits per heavy atom. The van der Waals surface area contributed by atoms with Crippen molar-refractivity contribution in [1.29, 1.82) is 5.26 Å². The summed E-state index contributed by atoms with van der Waals surface area (Å²) in [7, 11) is 0. The van der Waals surface area contributed by atoms with E-state index in [-0.39, 0.29) is 24.2 Å². The monoisotopic (exact) mass is 410 g/mol. The first-order valence-electron chi connectivity index (χ1n) is 10.1. The first-order chi connectivity index (χ1) is 15.1. The average Bonchev–Trinajstić information content (AvgIpc) is 2.80. The molecule has 6 heteroatoms. The van der Waals surface area contributed by atoms with Gasteiger partial charge in [-0.15, -0.1) is 0 Å². The van der Waals surface area contributed by atoms with E-state index in [0.29, 0.717) is 12.2 Å². The minimum Gasteiger partial charge on any atom is -0.384 e. The van der Waals surface area contributed by atoms with E-state index in [2.05, 4.69) is 11.1 Å². The number of β-lactam (4-membered cyclic amide) rings is 1. The summed E-state index contributed by atoms with van der Waals surface area (Å²) in [6, 6.07) is 24.3. The summed E-state index contributed by atoms with van der Waals surface area (Å²) in [6.07, 6.45) is 2.05. The number of aromatic nitrogens is 1. The molecule has 6 nitrogen and oxygen atoms in total. The van der Waals surface area contributed by atoms with Crippen LogP contribution in [-0.2, 0) is 16.0 Å². The SMILES string of the molecule is N#C[C@@H]1[C@@H](Cc2ccnc(N)c2)C(=O)N1C(=O)CC(c1ccccc1)c1ccccc1. The molecule has 1 aliphatic rings. The quantitative estimate of drug-likeness (QED) is 0.629. The largest absolute Gasteiger partial charge is 0.384 e. The lowest BCUT2D eigenvalue weighted by Crippen LogP contribution is -2.63. The van der Waals surface area contributed by atoms with Crippen LogP contribution in [0.3, 0.4) is 0 Å². The molecule has 2 N–H and O–H groups in total. The van der Waals surface area contributed by atoms with Crippen molar-refractivity contribution in [3.05, 3.63) is 95.7 Å². The first-order valence-corrected chi connectivity index (χ1v) is 10.1. The lowest BCUT2D eigenvalue weighted by atomic mass is 9.81. The van der Waals surface area contributed by atoms with Gasteiger partial charge in [-0.25, -0.2) is 4.98 Å². The lowest BCUT2D eigenvalue weighted by Gasteiger charge is -2.42. The van der Waals surface area contributed by atoms with E-state index in [1.54, 1.807) is 18.3 Å². The molecule has 4 rings (SSSR count). The molecule has 1 saturated heterocycles. The standard InChI is InChI=1S/C25H22N4O2/c26-16-22-21(13-17-11-12-28-23(27)14-17)25(31)29(22)24(30)15-20(18-7-3-1-4-8-18)19-9-5-2-6-10-19/h1-12,14,20-22H,13,15H2,(H2,27,28)/t21-,22-/m1/s1. The number of pyridine rings is 1. The number of likely N-dealkylation sites (tertiary alicyclic amines) is 1. The molecule has 31 heavy (non-hydrogen) atoms. The van der Waals surface area contributed by atoms with Crippen LogP contribution in [0, 0.1) is 17.2 Å². The molecule has 154 valence electrons. The Hall–Kier alpha value is -3.98. The van der Waals surface area contributed by atoms with Crippen LogP contribution in [0.2, 0.25) is 0 Å². The van der Waals surface area contributed by atoms with Crippen LogP contribution in [0.5, 0.6) is 0 Å². The third-order valence-electron chi connectivity index (χ3n) is 5.70. The number of nitriles is 1. The maximum atomic E-state index is 13.1. The first kappa shape index (κ1) is 20.3. The van der Waals surface area contributed by atoms with Crippen LogP contribution in [-0.4, -0.2) is 27.7 Å². The van der Waals surface area contributed by atoms with Crippen molar-refractivity contribution in [2.45, 2.75) is 24.8 Å². The number of carbonyl (C=O) groups excluding carboxylic acids is 2. The molecule has 0 unspecified atom stereocenters. The fraction of sp³-hybridized carbons (Fsp3) is 0.200. The van der Waals surface area contributed by atoms with Gasteiger partial charge in [0.1, 0.15) is 11.9 Å². The second-order valence-electron chi connectivity index (χ2n) is 7.65. The highest BCUT2D eigenvalue weighted by Crippen LogP contribution is 2.34. The number of nitrogen functional groups attached to an aromatic ring is 1. The molecule has 2 atom stereocenters. The summed E-state index contributed by atoms with van der Waals surface area (Å²) >= 11 is 0. The smallest absolute Gasteiger partial charge is 0.236 e. The summed E-state index contributed by atoms with van der Waals surface area (Å²) in [6.45, 7) is 0. The third kappa shape index (κ3) is 4.17. The molecule has 2 aromatic carbocycles. The number of hydrogen-bond acceptors (Lipinski definition) is 5. The van der Waals surface area contributed by atoms with E-state index < -0.39 is 12.0 Å². The van der Waals surface area contributed by atoms with E-state index in [4.69, 9.17) is 5.73 Å². The Bertz CT molecular complexity index is 1090. The van der Waals surface area contributed by atoms with Crippen molar-refractivity contribution < 1.29 is 9.59 Å². The van der Waals surface area contributed by atoms with Gasteiger partial charge in [-0.05, 0) is 35.2 Å². The molecule has 2 heterocycles. The zero-order valence-corrected chi connectivity index (χ0v) is 16.9. The zero-order chi connectivity index (χ0) is 21.8. The van der Waals surface area contributed by atoms with Crippen LogP contribution in [0.25, 0.3) is 0 Å². The van der Waals surface area contributed by atoms with Crippen molar-refractivity contribution in [2.75, 3.05) is 5.73 Å². The van der Waals surface area contributed by atoms with Gasteiger partial charge >= 0.3 is 0 Å². The highest BCUT2D eigenvalue weighted by Gasteiger charge is 2.50. The van der Waals surface area contributed by atoms with Gasteiger partial charge in [-0.2, -0.15) is 5.26 Å². The molecule has 1 aromatic heterocycles. The Labute approximate surface area is 180 Å². The molecule has 1 fully saturated rings. The number of anilines is 1. The molecule has 1 aliphatic heterocycles. The van der Waals surface area contributed by atoms with E-state index >= 15 is 0 Å². The van der Waals surface area contributed by atoms with Gasteiger partial charge in [-0.1, -0.05) is 60.7 Å². The van der Waals surface area contributed by atoms with Crippen LogP contribution >= 0.6 is 0 Å². The fourth-order valence-electron chi connectivity index (χ4n) is 4.12. The highest BCUT2D eigenvalue weighted by atomic mass is 16.2. The van der Waals surface area contributed by atoms with Crippen molar-refractivity contribution in [3.8, 4) is 6.07 Å². The second kappa shape index (κ2) is 8.80. The number of carbonyl (C=O) groups is 2. The molecular weight excluding hydrogens is 388 g/mol. The summed E-state index contributed by atoms with van der Waals surface area (Å²) in [5, 5.41) is 9.66. The van der Waals surface area contributed by atoms with Crippen molar-refractivity contribution in [1.82, 2.24) is 9.88 Å². The van der Waals surface area contributed by atoms with Gasteiger partial charge in [0.05, 0.1) is 12.0 Å².